The Hall–Kier alpha value is -2.13. The Balaban J connectivity index is 0.000000220. The molecule has 0 fully saturated rings. The Bertz CT molecular complexity index is 589. The topological polar surface area (TPSA) is 133 Å². The van der Waals surface area contributed by atoms with E-state index in [4.69, 9.17) is 31.6 Å². The Labute approximate surface area is 125 Å². The van der Waals surface area contributed by atoms with Crippen LogP contribution in [0.5, 0.6) is 0 Å². The molecule has 0 saturated carbocycles. The first-order valence-electron chi connectivity index (χ1n) is 6.04. The van der Waals surface area contributed by atoms with Gasteiger partial charge in [0, 0.05) is 0 Å². The first kappa shape index (κ1) is 17.9. The summed E-state index contributed by atoms with van der Waals surface area (Å²) in [5, 5.41) is 34.4. The van der Waals surface area contributed by atoms with Crippen LogP contribution >= 0.6 is 0 Å². The molecule has 116 valence electrons. The lowest BCUT2D eigenvalue weighted by atomic mass is 9.80. The molecule has 0 saturated heterocycles. The summed E-state index contributed by atoms with van der Waals surface area (Å²) in [4.78, 5) is 0. The van der Waals surface area contributed by atoms with Gasteiger partial charge in [-0.3, -0.25) is 0 Å². The van der Waals surface area contributed by atoms with Crippen molar-refractivity contribution in [1.29, 1.82) is 0 Å². The number of nitrogens with two attached hydrogens (primary N) is 2. The minimum absolute atomic E-state index is 0.00519. The van der Waals surface area contributed by atoms with Crippen LogP contribution < -0.4 is 22.4 Å². The number of hydrogen-bond acceptors (Lipinski definition) is 6. The third kappa shape index (κ3) is 5.01. The molecule has 0 aromatic heterocycles. The summed E-state index contributed by atoms with van der Waals surface area (Å²) >= 11 is 0. The largest absolute Gasteiger partial charge is 0.488 e. The third-order valence-corrected chi connectivity index (χ3v) is 2.64. The highest BCUT2D eigenvalue weighted by molar-refractivity contribution is 6.59. The van der Waals surface area contributed by atoms with Crippen molar-refractivity contribution < 1.29 is 28.9 Å². The van der Waals surface area contributed by atoms with Crippen molar-refractivity contribution >= 4 is 36.5 Å². The SMILES string of the molecule is Nc1cc(B(O)O)ccc1F.Nc1ccc(B(O)O)cc1F. The molecular formula is C12H14B2F2N2O4. The lowest BCUT2D eigenvalue weighted by molar-refractivity contribution is 0.424. The summed E-state index contributed by atoms with van der Waals surface area (Å²) in [6.45, 7) is 0. The normalized spacial score (nSPS) is 9.73. The van der Waals surface area contributed by atoms with Crippen molar-refractivity contribution in [3.8, 4) is 0 Å². The van der Waals surface area contributed by atoms with Gasteiger partial charge in [-0.2, -0.15) is 0 Å². The van der Waals surface area contributed by atoms with Gasteiger partial charge < -0.3 is 31.6 Å². The van der Waals surface area contributed by atoms with Gasteiger partial charge in [-0.15, -0.1) is 0 Å². The average molecular weight is 310 g/mol. The lowest BCUT2D eigenvalue weighted by Gasteiger charge is -2.00. The van der Waals surface area contributed by atoms with Gasteiger partial charge in [-0.05, 0) is 35.2 Å². The predicted molar refractivity (Wildman–Crippen MR) is 81.3 cm³/mol. The molecule has 0 aliphatic carbocycles. The Morgan fingerprint density at radius 1 is 0.682 bits per heavy atom. The van der Waals surface area contributed by atoms with E-state index < -0.39 is 25.9 Å². The van der Waals surface area contributed by atoms with Crippen molar-refractivity contribution in [2.45, 2.75) is 0 Å². The van der Waals surface area contributed by atoms with Gasteiger partial charge in [0.2, 0.25) is 0 Å². The van der Waals surface area contributed by atoms with Crippen molar-refractivity contribution in [3.05, 3.63) is 48.0 Å². The average Bonchev–Trinajstić information content (AvgIpc) is 2.45. The van der Waals surface area contributed by atoms with E-state index in [1.165, 1.54) is 24.3 Å². The molecule has 6 nitrogen and oxygen atoms in total. The Morgan fingerprint density at radius 2 is 1.18 bits per heavy atom. The van der Waals surface area contributed by atoms with E-state index in [1.807, 2.05) is 0 Å². The third-order valence-electron chi connectivity index (χ3n) is 2.64. The molecule has 0 heterocycles. The van der Waals surface area contributed by atoms with Gasteiger partial charge in [0.1, 0.15) is 11.6 Å². The van der Waals surface area contributed by atoms with Crippen LogP contribution in [0.3, 0.4) is 0 Å². The number of halogens is 2. The molecule has 2 rings (SSSR count). The van der Waals surface area contributed by atoms with Gasteiger partial charge >= 0.3 is 14.2 Å². The summed E-state index contributed by atoms with van der Waals surface area (Å²) in [5.41, 5.74) is 10.5. The lowest BCUT2D eigenvalue weighted by Crippen LogP contribution is -2.30. The number of rotatable bonds is 2. The van der Waals surface area contributed by atoms with Crippen LogP contribution in [-0.2, 0) is 0 Å². The number of nitrogen functional groups attached to an aromatic ring is 2. The van der Waals surface area contributed by atoms with Gasteiger partial charge in [0.05, 0.1) is 11.4 Å². The molecule has 0 atom stereocenters. The fraction of sp³-hybridized carbons (Fsp3) is 0. The first-order chi connectivity index (χ1) is 10.2. The molecule has 8 N–H and O–H groups in total. The van der Waals surface area contributed by atoms with Gasteiger partial charge in [-0.25, -0.2) is 8.78 Å². The second-order valence-corrected chi connectivity index (χ2v) is 4.31. The summed E-state index contributed by atoms with van der Waals surface area (Å²) in [5.74, 6) is -1.20. The second kappa shape index (κ2) is 7.76. The number of benzene rings is 2. The van der Waals surface area contributed by atoms with Crippen molar-refractivity contribution in [2.24, 2.45) is 0 Å². The van der Waals surface area contributed by atoms with Crippen LogP contribution in [0.1, 0.15) is 0 Å². The maximum Gasteiger partial charge on any atom is 0.488 e. The highest BCUT2D eigenvalue weighted by atomic mass is 19.1. The van der Waals surface area contributed by atoms with E-state index in [9.17, 15) is 8.78 Å². The van der Waals surface area contributed by atoms with Crippen molar-refractivity contribution in [2.75, 3.05) is 11.5 Å². The summed E-state index contributed by atoms with van der Waals surface area (Å²) in [7, 11) is -3.25. The summed E-state index contributed by atoms with van der Waals surface area (Å²) in [6, 6.07) is 7.15. The maximum atomic E-state index is 12.6. The molecule has 10 heteroatoms. The van der Waals surface area contributed by atoms with E-state index in [-0.39, 0.29) is 22.3 Å². The minimum atomic E-state index is -1.65. The van der Waals surface area contributed by atoms with Gasteiger partial charge in [0.25, 0.3) is 0 Å². The van der Waals surface area contributed by atoms with Gasteiger partial charge in [-0.1, -0.05) is 12.1 Å². The fourth-order valence-corrected chi connectivity index (χ4v) is 1.43. The highest BCUT2D eigenvalue weighted by Gasteiger charge is 2.12. The maximum absolute atomic E-state index is 12.6. The van der Waals surface area contributed by atoms with Crippen LogP contribution in [0.4, 0.5) is 20.2 Å². The fourth-order valence-electron chi connectivity index (χ4n) is 1.43. The van der Waals surface area contributed by atoms with Crippen molar-refractivity contribution in [1.82, 2.24) is 0 Å². The van der Waals surface area contributed by atoms with Crippen LogP contribution in [0.15, 0.2) is 36.4 Å². The van der Waals surface area contributed by atoms with Gasteiger partial charge in [0.15, 0.2) is 0 Å². The number of anilines is 2. The molecule has 0 unspecified atom stereocenters. The molecule has 0 aliphatic heterocycles. The Morgan fingerprint density at radius 3 is 1.64 bits per heavy atom. The molecule has 0 aliphatic rings. The van der Waals surface area contributed by atoms with E-state index in [1.54, 1.807) is 0 Å². The molecule has 0 amide bonds. The second-order valence-electron chi connectivity index (χ2n) is 4.31. The zero-order valence-corrected chi connectivity index (χ0v) is 11.3. The zero-order valence-electron chi connectivity index (χ0n) is 11.3. The van der Waals surface area contributed by atoms with Crippen LogP contribution in [-0.4, -0.2) is 34.3 Å². The van der Waals surface area contributed by atoms with E-state index in [2.05, 4.69) is 0 Å². The van der Waals surface area contributed by atoms with E-state index in [0.717, 1.165) is 12.1 Å². The van der Waals surface area contributed by atoms with Crippen LogP contribution in [0.2, 0.25) is 0 Å². The molecule has 0 bridgehead atoms. The quantitative estimate of drug-likeness (QED) is 0.286. The monoisotopic (exact) mass is 310 g/mol. The molecular weight excluding hydrogens is 296 g/mol. The standard InChI is InChI=1S/2C6H7BFNO2/c8-5-3-4(7(10)11)1-2-6(5)9;8-5-2-1-4(7(10)11)3-6(5)9/h2*1-3,10-11H,9H2. The first-order valence-corrected chi connectivity index (χ1v) is 6.04. The number of hydrogen-bond donors (Lipinski definition) is 6. The molecule has 2 aromatic rings. The Kier molecular flexibility index (Phi) is 6.32. The molecule has 22 heavy (non-hydrogen) atoms. The highest BCUT2D eigenvalue weighted by Crippen LogP contribution is 2.06. The smallest absolute Gasteiger partial charge is 0.423 e. The van der Waals surface area contributed by atoms with Crippen molar-refractivity contribution in [3.63, 3.8) is 0 Å². The van der Waals surface area contributed by atoms with E-state index >= 15 is 0 Å². The zero-order chi connectivity index (χ0) is 16.9. The molecule has 2 aromatic carbocycles. The summed E-state index contributed by atoms with van der Waals surface area (Å²) < 4.78 is 25.1. The summed E-state index contributed by atoms with van der Waals surface area (Å²) in [6.07, 6.45) is 0. The predicted octanol–water partition coefficient (Wildman–Crippen LogP) is -1.82. The van der Waals surface area contributed by atoms with E-state index in [0.29, 0.717) is 0 Å². The minimum Gasteiger partial charge on any atom is -0.423 e. The van der Waals surface area contributed by atoms with Crippen LogP contribution in [0.25, 0.3) is 0 Å². The molecule has 0 spiro atoms. The molecule has 0 radical (unpaired) electrons. The van der Waals surface area contributed by atoms with Crippen LogP contribution in [0, 0.1) is 11.6 Å².